The summed E-state index contributed by atoms with van der Waals surface area (Å²) >= 11 is 0. The quantitative estimate of drug-likeness (QED) is 0.834. The molecular weight excluding hydrogens is 330 g/mol. The van der Waals surface area contributed by atoms with Gasteiger partial charge in [0.2, 0.25) is 5.91 Å². The molecule has 0 radical (unpaired) electrons. The Labute approximate surface area is 153 Å². The van der Waals surface area contributed by atoms with Crippen molar-refractivity contribution in [3.63, 3.8) is 0 Å². The lowest BCUT2D eigenvalue weighted by Gasteiger charge is -2.28. The van der Waals surface area contributed by atoms with Crippen molar-refractivity contribution in [1.29, 1.82) is 0 Å². The first kappa shape index (κ1) is 18.2. The Bertz CT molecular complexity index is 805. The molecule has 1 fully saturated rings. The second kappa shape index (κ2) is 7.32. The zero-order valence-electron chi connectivity index (χ0n) is 15.3. The summed E-state index contributed by atoms with van der Waals surface area (Å²) < 4.78 is 1.85. The van der Waals surface area contributed by atoms with Gasteiger partial charge in [0.25, 0.3) is 0 Å². The molecule has 0 bridgehead atoms. The Hall–Kier alpha value is -2.63. The van der Waals surface area contributed by atoms with Gasteiger partial charge < -0.3 is 10.4 Å². The number of nitrogens with zero attached hydrogens (tertiary/aromatic N) is 2. The van der Waals surface area contributed by atoms with E-state index in [4.69, 9.17) is 0 Å². The summed E-state index contributed by atoms with van der Waals surface area (Å²) in [6, 6.07) is 9.81. The Morgan fingerprint density at radius 2 is 1.85 bits per heavy atom. The molecule has 26 heavy (non-hydrogen) atoms. The van der Waals surface area contributed by atoms with Crippen molar-refractivity contribution >= 4 is 11.9 Å². The zero-order valence-corrected chi connectivity index (χ0v) is 15.3. The van der Waals surface area contributed by atoms with Crippen LogP contribution in [-0.4, -0.2) is 32.3 Å². The summed E-state index contributed by atoms with van der Waals surface area (Å²) in [5, 5.41) is 16.8. The van der Waals surface area contributed by atoms with Crippen LogP contribution in [0.1, 0.15) is 49.1 Å². The van der Waals surface area contributed by atoms with Gasteiger partial charge in [0.05, 0.1) is 29.8 Å². The van der Waals surface area contributed by atoms with E-state index < -0.39 is 11.5 Å². The fourth-order valence-electron chi connectivity index (χ4n) is 3.94. The molecule has 1 aliphatic carbocycles. The molecule has 0 saturated heterocycles. The fraction of sp³-hybridized carbons (Fsp3) is 0.450. The molecule has 2 aromatic rings. The minimum absolute atomic E-state index is 0.0139. The molecule has 0 atom stereocenters. The highest BCUT2D eigenvalue weighted by molar-refractivity contribution is 5.81. The Kier molecular flexibility index (Phi) is 5.11. The maximum absolute atomic E-state index is 12.7. The highest BCUT2D eigenvalue weighted by atomic mass is 16.4. The number of aliphatic carboxylic acids is 1. The molecule has 1 amide bonds. The Morgan fingerprint density at radius 3 is 2.46 bits per heavy atom. The SMILES string of the molecule is Cc1nn(-c2ccccc2)c(C)c1CC(=O)NC1(CC(=O)O)CCCC1. The van der Waals surface area contributed by atoms with Gasteiger partial charge in [-0.05, 0) is 38.8 Å². The topological polar surface area (TPSA) is 84.2 Å². The third-order valence-corrected chi connectivity index (χ3v) is 5.23. The molecule has 1 aromatic carbocycles. The van der Waals surface area contributed by atoms with Crippen molar-refractivity contribution in [2.45, 2.75) is 57.9 Å². The Balaban J connectivity index is 1.77. The lowest BCUT2D eigenvalue weighted by molar-refractivity contribution is -0.139. The maximum Gasteiger partial charge on any atom is 0.305 e. The van der Waals surface area contributed by atoms with Crippen LogP contribution >= 0.6 is 0 Å². The molecule has 6 heteroatoms. The van der Waals surface area contributed by atoms with E-state index in [9.17, 15) is 14.7 Å². The van der Waals surface area contributed by atoms with E-state index in [-0.39, 0.29) is 18.7 Å². The van der Waals surface area contributed by atoms with Gasteiger partial charge in [0, 0.05) is 11.3 Å². The van der Waals surface area contributed by atoms with E-state index in [0.717, 1.165) is 48.3 Å². The summed E-state index contributed by atoms with van der Waals surface area (Å²) in [7, 11) is 0. The summed E-state index contributed by atoms with van der Waals surface area (Å²) in [5.74, 6) is -0.997. The van der Waals surface area contributed by atoms with E-state index in [1.807, 2.05) is 48.9 Å². The predicted molar refractivity (Wildman–Crippen MR) is 98.3 cm³/mol. The van der Waals surface area contributed by atoms with Crippen molar-refractivity contribution in [2.75, 3.05) is 0 Å². The van der Waals surface area contributed by atoms with Crippen LogP contribution in [0.15, 0.2) is 30.3 Å². The van der Waals surface area contributed by atoms with Crippen LogP contribution in [0.3, 0.4) is 0 Å². The molecule has 1 saturated carbocycles. The minimum atomic E-state index is -0.864. The van der Waals surface area contributed by atoms with Crippen LogP contribution in [0.25, 0.3) is 5.69 Å². The molecule has 1 aromatic heterocycles. The number of carboxylic acids is 1. The molecule has 1 aliphatic rings. The smallest absolute Gasteiger partial charge is 0.305 e. The van der Waals surface area contributed by atoms with Crippen LogP contribution in [0.4, 0.5) is 0 Å². The first-order valence-corrected chi connectivity index (χ1v) is 9.03. The van der Waals surface area contributed by atoms with Crippen LogP contribution < -0.4 is 5.32 Å². The van der Waals surface area contributed by atoms with E-state index in [2.05, 4.69) is 10.4 Å². The highest BCUT2D eigenvalue weighted by Crippen LogP contribution is 2.33. The van der Waals surface area contributed by atoms with Gasteiger partial charge >= 0.3 is 5.97 Å². The molecule has 138 valence electrons. The van der Waals surface area contributed by atoms with Crippen LogP contribution in [0, 0.1) is 13.8 Å². The maximum atomic E-state index is 12.7. The number of hydrogen-bond acceptors (Lipinski definition) is 3. The lowest BCUT2D eigenvalue weighted by atomic mass is 9.92. The molecule has 0 aliphatic heterocycles. The van der Waals surface area contributed by atoms with Gasteiger partial charge in [-0.15, -0.1) is 0 Å². The first-order chi connectivity index (χ1) is 12.4. The number of aromatic nitrogens is 2. The highest BCUT2D eigenvalue weighted by Gasteiger charge is 2.37. The van der Waals surface area contributed by atoms with E-state index >= 15 is 0 Å². The molecule has 2 N–H and O–H groups in total. The van der Waals surface area contributed by atoms with Crippen molar-refractivity contribution in [2.24, 2.45) is 0 Å². The molecule has 6 nitrogen and oxygen atoms in total. The van der Waals surface area contributed by atoms with Gasteiger partial charge in [-0.2, -0.15) is 5.10 Å². The van der Waals surface area contributed by atoms with Gasteiger partial charge in [-0.25, -0.2) is 4.68 Å². The monoisotopic (exact) mass is 355 g/mol. The zero-order chi connectivity index (χ0) is 18.7. The van der Waals surface area contributed by atoms with Gasteiger partial charge in [-0.3, -0.25) is 9.59 Å². The number of aryl methyl sites for hydroxylation is 1. The van der Waals surface area contributed by atoms with Crippen molar-refractivity contribution in [3.8, 4) is 5.69 Å². The second-order valence-corrected chi connectivity index (χ2v) is 7.18. The number of amides is 1. The van der Waals surface area contributed by atoms with E-state index in [1.54, 1.807) is 0 Å². The summed E-state index contributed by atoms with van der Waals surface area (Å²) in [6.45, 7) is 3.86. The van der Waals surface area contributed by atoms with Gasteiger partial charge in [0.1, 0.15) is 0 Å². The van der Waals surface area contributed by atoms with Crippen molar-refractivity contribution in [1.82, 2.24) is 15.1 Å². The van der Waals surface area contributed by atoms with Crippen LogP contribution in [0.5, 0.6) is 0 Å². The third kappa shape index (κ3) is 3.79. The van der Waals surface area contributed by atoms with Gasteiger partial charge in [-0.1, -0.05) is 31.0 Å². The van der Waals surface area contributed by atoms with Crippen LogP contribution in [-0.2, 0) is 16.0 Å². The second-order valence-electron chi connectivity index (χ2n) is 7.18. The van der Waals surface area contributed by atoms with E-state index in [0.29, 0.717) is 0 Å². The number of hydrogen-bond donors (Lipinski definition) is 2. The van der Waals surface area contributed by atoms with Crippen LogP contribution in [0.2, 0.25) is 0 Å². The molecular formula is C20H25N3O3. The summed E-state index contributed by atoms with van der Waals surface area (Å²) in [5.41, 5.74) is 3.01. The summed E-state index contributed by atoms with van der Waals surface area (Å²) in [6.07, 6.45) is 3.57. The van der Waals surface area contributed by atoms with Gasteiger partial charge in [0.15, 0.2) is 0 Å². The number of carbonyl (C=O) groups is 2. The number of para-hydroxylation sites is 1. The number of carbonyl (C=O) groups excluding carboxylic acids is 1. The predicted octanol–water partition coefficient (Wildman–Crippen LogP) is 2.94. The molecule has 1 heterocycles. The van der Waals surface area contributed by atoms with E-state index in [1.165, 1.54) is 0 Å². The minimum Gasteiger partial charge on any atom is -0.481 e. The lowest BCUT2D eigenvalue weighted by Crippen LogP contribution is -2.48. The average molecular weight is 355 g/mol. The average Bonchev–Trinajstić information content (AvgIpc) is 3.14. The fourth-order valence-corrected chi connectivity index (χ4v) is 3.94. The largest absolute Gasteiger partial charge is 0.481 e. The summed E-state index contributed by atoms with van der Waals surface area (Å²) in [4.78, 5) is 23.9. The van der Waals surface area contributed by atoms with Crippen molar-refractivity contribution < 1.29 is 14.7 Å². The number of benzene rings is 1. The molecule has 0 unspecified atom stereocenters. The molecule has 3 rings (SSSR count). The third-order valence-electron chi connectivity index (χ3n) is 5.23. The number of carboxylic acid groups (broad SMARTS) is 1. The normalized spacial score (nSPS) is 15.8. The van der Waals surface area contributed by atoms with Crippen molar-refractivity contribution in [3.05, 3.63) is 47.3 Å². The molecule has 0 spiro atoms. The number of nitrogens with one attached hydrogen (secondary N) is 1. The standard InChI is InChI=1S/C20H25N3O3/c1-14-17(15(2)23(22-14)16-8-4-3-5-9-16)12-18(24)21-20(13-19(25)26)10-6-7-11-20/h3-5,8-9H,6-7,10-13H2,1-2H3,(H,21,24)(H,25,26). The Morgan fingerprint density at radius 1 is 1.19 bits per heavy atom. The number of rotatable bonds is 6. The first-order valence-electron chi connectivity index (χ1n) is 9.03.